The number of ether oxygens (including phenoxy) is 1. The van der Waals surface area contributed by atoms with E-state index >= 15 is 0 Å². The van der Waals surface area contributed by atoms with Crippen LogP contribution in [0.25, 0.3) is 11.3 Å². The summed E-state index contributed by atoms with van der Waals surface area (Å²) >= 11 is 0. The number of nitrogens with zero attached hydrogens (tertiary/aromatic N) is 1. The summed E-state index contributed by atoms with van der Waals surface area (Å²) in [6.45, 7) is 0. The minimum atomic E-state index is -0.346. The van der Waals surface area contributed by atoms with Crippen LogP contribution in [0, 0.1) is 0 Å². The van der Waals surface area contributed by atoms with Crippen LogP contribution in [0.15, 0.2) is 41.3 Å². The van der Waals surface area contributed by atoms with Crippen molar-refractivity contribution in [3.8, 4) is 11.3 Å². The summed E-state index contributed by atoms with van der Waals surface area (Å²) in [6.07, 6.45) is 2.91. The summed E-state index contributed by atoms with van der Waals surface area (Å²) in [5.41, 5.74) is 2.16. The Labute approximate surface area is 86.5 Å². The average molecular weight is 203 g/mol. The maximum Gasteiger partial charge on any atom is 0.337 e. The van der Waals surface area contributed by atoms with E-state index in [9.17, 15) is 4.79 Å². The van der Waals surface area contributed by atoms with Gasteiger partial charge in [0.1, 0.15) is 12.0 Å². The Balaban J connectivity index is 2.29. The van der Waals surface area contributed by atoms with Crippen molar-refractivity contribution in [2.45, 2.75) is 0 Å². The maximum absolute atomic E-state index is 11.2. The van der Waals surface area contributed by atoms with Crippen molar-refractivity contribution in [2.75, 3.05) is 7.11 Å². The van der Waals surface area contributed by atoms with E-state index in [1.54, 1.807) is 30.5 Å². The first-order valence-corrected chi connectivity index (χ1v) is 4.38. The lowest BCUT2D eigenvalue weighted by molar-refractivity contribution is 0.0601. The zero-order valence-electron chi connectivity index (χ0n) is 8.14. The Hall–Kier alpha value is -2.10. The lowest BCUT2D eigenvalue weighted by Gasteiger charge is -1.99. The minimum Gasteiger partial charge on any atom is -0.465 e. The van der Waals surface area contributed by atoms with Crippen LogP contribution >= 0.6 is 0 Å². The van der Waals surface area contributed by atoms with E-state index in [2.05, 4.69) is 9.72 Å². The molecule has 0 amide bonds. The molecule has 0 radical (unpaired) electrons. The number of carbonyl (C=O) groups excluding carboxylic acids is 1. The first-order valence-electron chi connectivity index (χ1n) is 4.38. The molecule has 0 saturated carbocycles. The summed E-state index contributed by atoms with van der Waals surface area (Å²) in [5.74, 6) is -0.346. The molecule has 15 heavy (non-hydrogen) atoms. The lowest BCUT2D eigenvalue weighted by atomic mass is 10.1. The van der Waals surface area contributed by atoms with Gasteiger partial charge in [-0.25, -0.2) is 9.78 Å². The molecule has 0 N–H and O–H groups in total. The Morgan fingerprint density at radius 3 is 2.60 bits per heavy atom. The van der Waals surface area contributed by atoms with Crippen molar-refractivity contribution in [2.24, 2.45) is 0 Å². The molecule has 0 aliphatic heterocycles. The fraction of sp³-hybridized carbons (Fsp3) is 0.0909. The summed E-state index contributed by atoms with van der Waals surface area (Å²) in [5, 5.41) is 0. The highest BCUT2D eigenvalue weighted by Gasteiger charge is 2.05. The third-order valence-electron chi connectivity index (χ3n) is 2.03. The van der Waals surface area contributed by atoms with Crippen LogP contribution in [-0.2, 0) is 4.74 Å². The lowest BCUT2D eigenvalue weighted by Crippen LogP contribution is -2.00. The van der Waals surface area contributed by atoms with Gasteiger partial charge in [-0.2, -0.15) is 0 Å². The molecule has 1 heterocycles. The highest BCUT2D eigenvalue weighted by atomic mass is 16.5. The number of benzene rings is 1. The molecule has 0 fully saturated rings. The van der Waals surface area contributed by atoms with E-state index in [0.29, 0.717) is 5.56 Å². The molecule has 0 spiro atoms. The second-order valence-corrected chi connectivity index (χ2v) is 2.94. The normalized spacial score (nSPS) is 9.93. The van der Waals surface area contributed by atoms with E-state index in [-0.39, 0.29) is 5.97 Å². The van der Waals surface area contributed by atoms with E-state index < -0.39 is 0 Å². The van der Waals surface area contributed by atoms with E-state index in [4.69, 9.17) is 4.42 Å². The minimum absolute atomic E-state index is 0.346. The Morgan fingerprint density at radius 1 is 1.33 bits per heavy atom. The second-order valence-electron chi connectivity index (χ2n) is 2.94. The fourth-order valence-corrected chi connectivity index (χ4v) is 1.25. The van der Waals surface area contributed by atoms with Gasteiger partial charge in [0.25, 0.3) is 0 Å². The summed E-state index contributed by atoms with van der Waals surface area (Å²) < 4.78 is 9.46. The number of rotatable bonds is 2. The van der Waals surface area contributed by atoms with Gasteiger partial charge in [0.05, 0.1) is 12.7 Å². The monoisotopic (exact) mass is 203 g/mol. The predicted molar refractivity (Wildman–Crippen MR) is 53.3 cm³/mol. The Kier molecular flexibility index (Phi) is 2.49. The number of esters is 1. The van der Waals surface area contributed by atoms with Crippen molar-refractivity contribution < 1.29 is 13.9 Å². The number of oxazole rings is 1. The molecule has 0 unspecified atom stereocenters. The number of carbonyl (C=O) groups is 1. The first kappa shape index (κ1) is 9.45. The van der Waals surface area contributed by atoms with Crippen LogP contribution in [-0.4, -0.2) is 18.1 Å². The van der Waals surface area contributed by atoms with Crippen molar-refractivity contribution in [3.05, 3.63) is 42.5 Å². The molecule has 0 atom stereocenters. The molecule has 0 bridgehead atoms. The van der Waals surface area contributed by atoms with Gasteiger partial charge in [0.15, 0.2) is 6.39 Å². The SMILES string of the molecule is COC(=O)c1ccc(-c2cocn2)cc1. The molecule has 0 aliphatic rings. The first-order chi connectivity index (χ1) is 7.31. The van der Waals surface area contributed by atoms with Gasteiger partial charge < -0.3 is 9.15 Å². The molecule has 2 aromatic rings. The van der Waals surface area contributed by atoms with E-state index in [1.165, 1.54) is 13.5 Å². The largest absolute Gasteiger partial charge is 0.465 e. The van der Waals surface area contributed by atoms with E-state index in [1.807, 2.05) is 0 Å². The molecular formula is C11H9NO3. The summed E-state index contributed by atoms with van der Waals surface area (Å²) in [7, 11) is 1.36. The van der Waals surface area contributed by atoms with Gasteiger partial charge in [0.2, 0.25) is 0 Å². The summed E-state index contributed by atoms with van der Waals surface area (Å²) in [4.78, 5) is 15.2. The molecule has 0 aliphatic carbocycles. The molecule has 0 saturated heterocycles. The molecule has 1 aromatic heterocycles. The van der Waals surface area contributed by atoms with Gasteiger partial charge in [0, 0.05) is 5.56 Å². The fourth-order valence-electron chi connectivity index (χ4n) is 1.25. The zero-order chi connectivity index (χ0) is 10.7. The second kappa shape index (κ2) is 3.96. The Morgan fingerprint density at radius 2 is 2.07 bits per heavy atom. The third-order valence-corrected chi connectivity index (χ3v) is 2.03. The highest BCUT2D eigenvalue weighted by Crippen LogP contribution is 2.17. The van der Waals surface area contributed by atoms with Crippen LogP contribution in [0.5, 0.6) is 0 Å². The van der Waals surface area contributed by atoms with Gasteiger partial charge in [-0.1, -0.05) is 12.1 Å². The number of methoxy groups -OCH3 is 1. The van der Waals surface area contributed by atoms with Gasteiger partial charge in [-0.05, 0) is 12.1 Å². The van der Waals surface area contributed by atoms with Crippen molar-refractivity contribution >= 4 is 5.97 Å². The van der Waals surface area contributed by atoms with Gasteiger partial charge in [-0.15, -0.1) is 0 Å². The smallest absolute Gasteiger partial charge is 0.337 e. The quantitative estimate of drug-likeness (QED) is 0.701. The predicted octanol–water partition coefficient (Wildman–Crippen LogP) is 2.13. The number of hydrogen-bond donors (Lipinski definition) is 0. The Bertz CT molecular complexity index is 445. The van der Waals surface area contributed by atoms with Crippen molar-refractivity contribution in [1.82, 2.24) is 4.98 Å². The zero-order valence-corrected chi connectivity index (χ0v) is 8.14. The highest BCUT2D eigenvalue weighted by molar-refractivity contribution is 5.89. The number of aromatic nitrogens is 1. The van der Waals surface area contributed by atoms with Crippen LogP contribution < -0.4 is 0 Å². The van der Waals surface area contributed by atoms with Crippen LogP contribution in [0.2, 0.25) is 0 Å². The van der Waals surface area contributed by atoms with Gasteiger partial charge >= 0.3 is 5.97 Å². The maximum atomic E-state index is 11.2. The van der Waals surface area contributed by atoms with Crippen molar-refractivity contribution in [3.63, 3.8) is 0 Å². The molecule has 76 valence electrons. The standard InChI is InChI=1S/C11H9NO3/c1-14-11(13)9-4-2-8(3-5-9)10-6-15-7-12-10/h2-7H,1H3. The number of hydrogen-bond acceptors (Lipinski definition) is 4. The molecule has 2 rings (SSSR count). The van der Waals surface area contributed by atoms with Crippen LogP contribution in [0.3, 0.4) is 0 Å². The third kappa shape index (κ3) is 1.88. The molecule has 1 aromatic carbocycles. The van der Waals surface area contributed by atoms with Crippen LogP contribution in [0.4, 0.5) is 0 Å². The topological polar surface area (TPSA) is 52.3 Å². The van der Waals surface area contributed by atoms with E-state index in [0.717, 1.165) is 11.3 Å². The van der Waals surface area contributed by atoms with Gasteiger partial charge in [-0.3, -0.25) is 0 Å². The van der Waals surface area contributed by atoms with Crippen LogP contribution in [0.1, 0.15) is 10.4 Å². The molecular weight excluding hydrogens is 194 g/mol. The molecule has 4 heteroatoms. The average Bonchev–Trinajstić information content (AvgIpc) is 2.82. The molecule has 4 nitrogen and oxygen atoms in total. The van der Waals surface area contributed by atoms with Crippen molar-refractivity contribution in [1.29, 1.82) is 0 Å². The summed E-state index contributed by atoms with van der Waals surface area (Å²) in [6, 6.07) is 6.97.